The number of hydrogen-bond acceptors (Lipinski definition) is 3. The zero-order valence-electron chi connectivity index (χ0n) is 12.9. The Bertz CT molecular complexity index is 751. The van der Waals surface area contributed by atoms with Crippen molar-refractivity contribution in [3.8, 4) is 0 Å². The standard InChI is InChI=1S/C16H16F3N3O2/c1-10(11-3-2-4-12(9-11)16(17,18)19)7-8-20-15(24)13-5-6-14(23)22-21-13/h2-6,9-10H,7-8H2,1H3,(H,20,24)(H,22,23)/t10-/m0/s1. The van der Waals surface area contributed by atoms with E-state index in [0.29, 0.717) is 12.0 Å². The van der Waals surface area contributed by atoms with E-state index in [1.54, 1.807) is 13.0 Å². The summed E-state index contributed by atoms with van der Waals surface area (Å²) in [5, 5.41) is 8.37. The van der Waals surface area contributed by atoms with Gasteiger partial charge >= 0.3 is 6.18 Å². The molecule has 1 aromatic carbocycles. The van der Waals surface area contributed by atoms with Gasteiger partial charge in [-0.3, -0.25) is 9.59 Å². The minimum absolute atomic E-state index is 0.0707. The molecule has 0 saturated carbocycles. The first-order chi connectivity index (χ1) is 11.3. The van der Waals surface area contributed by atoms with Crippen LogP contribution in [0.15, 0.2) is 41.2 Å². The summed E-state index contributed by atoms with van der Waals surface area (Å²) in [6, 6.07) is 7.63. The number of aromatic nitrogens is 2. The molecule has 0 aliphatic heterocycles. The number of benzene rings is 1. The second-order valence-corrected chi connectivity index (χ2v) is 5.38. The third-order valence-corrected chi connectivity index (χ3v) is 3.56. The fraction of sp³-hybridized carbons (Fsp3) is 0.312. The molecule has 1 amide bonds. The van der Waals surface area contributed by atoms with Crippen molar-refractivity contribution in [2.24, 2.45) is 0 Å². The summed E-state index contributed by atoms with van der Waals surface area (Å²) in [5.74, 6) is -0.612. The number of carbonyl (C=O) groups is 1. The van der Waals surface area contributed by atoms with Gasteiger partial charge in [-0.2, -0.15) is 18.3 Å². The molecule has 24 heavy (non-hydrogen) atoms. The average Bonchev–Trinajstić information content (AvgIpc) is 2.54. The van der Waals surface area contributed by atoms with E-state index in [1.807, 2.05) is 0 Å². The third kappa shape index (κ3) is 4.68. The highest BCUT2D eigenvalue weighted by Gasteiger charge is 2.30. The molecule has 0 fully saturated rings. The summed E-state index contributed by atoms with van der Waals surface area (Å²) >= 11 is 0. The Balaban J connectivity index is 1.91. The Morgan fingerprint density at radius 3 is 2.67 bits per heavy atom. The van der Waals surface area contributed by atoms with Crippen molar-refractivity contribution in [1.29, 1.82) is 0 Å². The lowest BCUT2D eigenvalue weighted by atomic mass is 9.96. The van der Waals surface area contributed by atoms with E-state index in [4.69, 9.17) is 0 Å². The minimum atomic E-state index is -4.38. The van der Waals surface area contributed by atoms with Crippen molar-refractivity contribution < 1.29 is 18.0 Å². The molecule has 5 nitrogen and oxygen atoms in total. The number of nitrogens with one attached hydrogen (secondary N) is 2. The van der Waals surface area contributed by atoms with Gasteiger partial charge in [-0.15, -0.1) is 0 Å². The van der Waals surface area contributed by atoms with Crippen LogP contribution in [0.5, 0.6) is 0 Å². The molecular formula is C16H16F3N3O2. The van der Waals surface area contributed by atoms with E-state index in [1.165, 1.54) is 18.2 Å². The van der Waals surface area contributed by atoms with Crippen molar-refractivity contribution in [2.75, 3.05) is 6.54 Å². The first-order valence-corrected chi connectivity index (χ1v) is 7.28. The Labute approximate surface area is 135 Å². The van der Waals surface area contributed by atoms with Crippen molar-refractivity contribution in [2.45, 2.75) is 25.4 Å². The molecule has 8 heteroatoms. The van der Waals surface area contributed by atoms with Crippen LogP contribution in [0.25, 0.3) is 0 Å². The largest absolute Gasteiger partial charge is 0.416 e. The molecule has 2 aromatic rings. The first kappa shape index (κ1) is 17.7. The number of carbonyl (C=O) groups excluding carboxylic acids is 1. The second kappa shape index (κ2) is 7.29. The third-order valence-electron chi connectivity index (χ3n) is 3.56. The summed E-state index contributed by atoms with van der Waals surface area (Å²) in [7, 11) is 0. The molecule has 0 aliphatic carbocycles. The highest BCUT2D eigenvalue weighted by Crippen LogP contribution is 2.31. The van der Waals surface area contributed by atoms with Gasteiger partial charge in [-0.1, -0.05) is 25.1 Å². The maximum absolute atomic E-state index is 12.7. The molecule has 0 radical (unpaired) electrons. The maximum Gasteiger partial charge on any atom is 0.416 e. The van der Waals surface area contributed by atoms with Crippen LogP contribution in [-0.2, 0) is 6.18 Å². The van der Waals surface area contributed by atoms with E-state index in [-0.39, 0.29) is 18.2 Å². The number of alkyl halides is 3. The van der Waals surface area contributed by atoms with Crippen LogP contribution in [0.4, 0.5) is 13.2 Å². The normalized spacial score (nSPS) is 12.7. The number of hydrogen-bond donors (Lipinski definition) is 2. The Kier molecular flexibility index (Phi) is 5.38. The fourth-order valence-electron chi connectivity index (χ4n) is 2.15. The molecule has 0 unspecified atom stereocenters. The van der Waals surface area contributed by atoms with Crippen molar-refractivity contribution >= 4 is 5.91 Å². The zero-order valence-corrected chi connectivity index (χ0v) is 12.9. The fourth-order valence-corrected chi connectivity index (χ4v) is 2.15. The van der Waals surface area contributed by atoms with Gasteiger partial charge in [-0.25, -0.2) is 5.10 Å². The summed E-state index contributed by atoms with van der Waals surface area (Å²) < 4.78 is 38.1. The molecule has 1 heterocycles. The molecule has 128 valence electrons. The lowest BCUT2D eigenvalue weighted by molar-refractivity contribution is -0.137. The van der Waals surface area contributed by atoms with Gasteiger partial charge in [0, 0.05) is 12.6 Å². The molecule has 0 aliphatic rings. The van der Waals surface area contributed by atoms with E-state index in [2.05, 4.69) is 15.5 Å². The number of aromatic amines is 1. The lowest BCUT2D eigenvalue weighted by Crippen LogP contribution is -2.27. The summed E-state index contributed by atoms with van der Waals surface area (Å²) in [5.41, 5.74) is -0.472. The van der Waals surface area contributed by atoms with Gasteiger partial charge in [0.15, 0.2) is 0 Å². The van der Waals surface area contributed by atoms with Crippen LogP contribution in [0, 0.1) is 0 Å². The molecule has 0 spiro atoms. The summed E-state index contributed by atoms with van der Waals surface area (Å²) in [6.07, 6.45) is -3.91. The van der Waals surface area contributed by atoms with Gasteiger partial charge in [-0.05, 0) is 30.0 Å². The van der Waals surface area contributed by atoms with Crippen LogP contribution in [-0.4, -0.2) is 22.6 Å². The zero-order chi connectivity index (χ0) is 17.7. The Morgan fingerprint density at radius 2 is 2.04 bits per heavy atom. The number of H-pyrrole nitrogens is 1. The molecule has 1 atom stereocenters. The van der Waals surface area contributed by atoms with Crippen molar-refractivity contribution in [3.05, 3.63) is 63.6 Å². The molecule has 1 aromatic heterocycles. The van der Waals surface area contributed by atoms with Gasteiger partial charge < -0.3 is 5.32 Å². The van der Waals surface area contributed by atoms with E-state index < -0.39 is 23.2 Å². The van der Waals surface area contributed by atoms with Crippen LogP contribution < -0.4 is 10.9 Å². The second-order valence-electron chi connectivity index (χ2n) is 5.38. The van der Waals surface area contributed by atoms with Crippen molar-refractivity contribution in [1.82, 2.24) is 15.5 Å². The van der Waals surface area contributed by atoms with Gasteiger partial charge in [0.1, 0.15) is 5.69 Å². The van der Waals surface area contributed by atoms with Gasteiger partial charge in [0.2, 0.25) is 0 Å². The smallest absolute Gasteiger partial charge is 0.351 e. The number of nitrogens with zero attached hydrogens (tertiary/aromatic N) is 1. The van der Waals surface area contributed by atoms with Crippen LogP contribution in [0.2, 0.25) is 0 Å². The SMILES string of the molecule is C[C@@H](CCNC(=O)c1ccc(=O)[nH]n1)c1cccc(C(F)(F)F)c1. The Hall–Kier alpha value is -2.64. The number of rotatable bonds is 5. The maximum atomic E-state index is 12.7. The number of halogens is 3. The predicted octanol–water partition coefficient (Wildman–Crippen LogP) is 2.71. The van der Waals surface area contributed by atoms with E-state index >= 15 is 0 Å². The molecule has 2 N–H and O–H groups in total. The first-order valence-electron chi connectivity index (χ1n) is 7.28. The monoisotopic (exact) mass is 339 g/mol. The van der Waals surface area contributed by atoms with E-state index in [9.17, 15) is 22.8 Å². The Morgan fingerprint density at radius 1 is 1.29 bits per heavy atom. The quantitative estimate of drug-likeness (QED) is 0.879. The van der Waals surface area contributed by atoms with Crippen LogP contribution in [0.1, 0.15) is 40.9 Å². The van der Waals surface area contributed by atoms with Crippen LogP contribution in [0.3, 0.4) is 0 Å². The predicted molar refractivity (Wildman–Crippen MR) is 81.7 cm³/mol. The number of amides is 1. The topological polar surface area (TPSA) is 74.8 Å². The highest BCUT2D eigenvalue weighted by molar-refractivity contribution is 5.91. The average molecular weight is 339 g/mol. The van der Waals surface area contributed by atoms with Crippen molar-refractivity contribution in [3.63, 3.8) is 0 Å². The summed E-state index contributed by atoms with van der Waals surface area (Å²) in [4.78, 5) is 22.7. The molecular weight excluding hydrogens is 323 g/mol. The molecule has 0 bridgehead atoms. The van der Waals surface area contributed by atoms with E-state index in [0.717, 1.165) is 12.1 Å². The lowest BCUT2D eigenvalue weighted by Gasteiger charge is -2.14. The molecule has 2 rings (SSSR count). The minimum Gasteiger partial charge on any atom is -0.351 e. The highest BCUT2D eigenvalue weighted by atomic mass is 19.4. The van der Waals surface area contributed by atoms with Gasteiger partial charge in [0.05, 0.1) is 5.56 Å². The summed E-state index contributed by atoms with van der Waals surface area (Å²) in [6.45, 7) is 2.07. The van der Waals surface area contributed by atoms with Crippen LogP contribution >= 0.6 is 0 Å². The van der Waals surface area contributed by atoms with Gasteiger partial charge in [0.25, 0.3) is 11.5 Å². The molecule has 0 saturated heterocycles.